The van der Waals surface area contributed by atoms with Gasteiger partial charge >= 0.3 is 0 Å². The van der Waals surface area contributed by atoms with Crippen LogP contribution in [-0.2, 0) is 13.1 Å². The Labute approximate surface area is 123 Å². The molecule has 0 aliphatic carbocycles. The maximum atomic E-state index is 4.30. The van der Waals surface area contributed by atoms with E-state index >= 15 is 0 Å². The summed E-state index contributed by atoms with van der Waals surface area (Å²) in [5.41, 5.74) is 1.14. The quantitative estimate of drug-likeness (QED) is 0.801. The second-order valence-electron chi connectivity index (χ2n) is 6.81. The zero-order chi connectivity index (χ0) is 14.5. The lowest BCUT2D eigenvalue weighted by Crippen LogP contribution is -2.36. The summed E-state index contributed by atoms with van der Waals surface area (Å²) in [4.78, 5) is 2.50. The first kappa shape index (κ1) is 15.5. The summed E-state index contributed by atoms with van der Waals surface area (Å²) in [5, 5.41) is 8.58. The fraction of sp³-hybridized carbons (Fsp3) is 0.875. The Bertz CT molecular complexity index is 391. The van der Waals surface area contributed by atoms with Crippen LogP contribution in [-0.4, -0.2) is 33.0 Å². The topological polar surface area (TPSA) is 34.0 Å². The molecule has 20 heavy (non-hydrogen) atoms. The van der Waals surface area contributed by atoms with Crippen molar-refractivity contribution in [2.24, 2.45) is 17.8 Å². The fourth-order valence-electron chi connectivity index (χ4n) is 2.97. The lowest BCUT2D eigenvalue weighted by Gasteiger charge is -2.33. The van der Waals surface area contributed by atoms with Gasteiger partial charge in [0.1, 0.15) is 0 Å². The Balaban J connectivity index is 1.80. The molecule has 1 aliphatic heterocycles. The number of hydrogen-bond acceptors (Lipinski definition) is 3. The van der Waals surface area contributed by atoms with Gasteiger partial charge in [-0.1, -0.05) is 39.3 Å². The Morgan fingerprint density at radius 3 is 2.55 bits per heavy atom. The third kappa shape index (κ3) is 4.30. The monoisotopic (exact) mass is 278 g/mol. The maximum Gasteiger partial charge on any atom is 0.0946 e. The van der Waals surface area contributed by atoms with Gasteiger partial charge in [0.15, 0.2) is 0 Å². The predicted octanol–water partition coefficient (Wildman–Crippen LogP) is 3.19. The molecule has 1 aromatic rings. The Morgan fingerprint density at radius 1 is 1.25 bits per heavy atom. The highest BCUT2D eigenvalue weighted by Gasteiger charge is 2.21. The highest BCUT2D eigenvalue weighted by molar-refractivity contribution is 4.93. The normalized spacial score (nSPS) is 19.6. The highest BCUT2D eigenvalue weighted by Crippen LogP contribution is 2.24. The molecular formula is C16H30N4. The van der Waals surface area contributed by atoms with Crippen molar-refractivity contribution >= 4 is 0 Å². The van der Waals surface area contributed by atoms with E-state index in [-0.39, 0.29) is 0 Å². The first-order chi connectivity index (χ1) is 9.58. The van der Waals surface area contributed by atoms with Gasteiger partial charge in [0.25, 0.3) is 0 Å². The average Bonchev–Trinajstić information content (AvgIpc) is 2.86. The molecule has 1 aliphatic rings. The summed E-state index contributed by atoms with van der Waals surface area (Å²) in [6.07, 6.45) is 7.03. The smallest absolute Gasteiger partial charge is 0.0946 e. The molecule has 0 aromatic carbocycles. The van der Waals surface area contributed by atoms with E-state index in [1.165, 1.54) is 32.4 Å². The first-order valence-corrected chi connectivity index (χ1v) is 8.19. The molecule has 1 fully saturated rings. The van der Waals surface area contributed by atoms with Crippen LogP contribution in [0, 0.1) is 17.8 Å². The molecular weight excluding hydrogens is 248 g/mol. The SMILES string of the molecule is CCC(C)Cc1cn(CN2CCC(C(C)C)CC2)nn1. The highest BCUT2D eigenvalue weighted by atomic mass is 15.5. The minimum absolute atomic E-state index is 0.696. The predicted molar refractivity (Wildman–Crippen MR) is 82.3 cm³/mol. The van der Waals surface area contributed by atoms with Crippen LogP contribution in [0.15, 0.2) is 6.20 Å². The van der Waals surface area contributed by atoms with E-state index in [4.69, 9.17) is 0 Å². The molecule has 1 saturated heterocycles. The standard InChI is InChI=1S/C16H30N4/c1-5-14(4)10-16-11-20(18-17-16)12-19-8-6-15(7-9-19)13(2)3/h11,13-15H,5-10,12H2,1-4H3. The molecule has 4 heteroatoms. The average molecular weight is 278 g/mol. The largest absolute Gasteiger partial charge is 0.284 e. The number of piperidine rings is 1. The van der Waals surface area contributed by atoms with Crippen molar-refractivity contribution in [2.75, 3.05) is 13.1 Å². The van der Waals surface area contributed by atoms with E-state index in [1.807, 2.05) is 4.68 Å². The molecule has 114 valence electrons. The van der Waals surface area contributed by atoms with Gasteiger partial charge in [-0.25, -0.2) is 4.68 Å². The van der Waals surface area contributed by atoms with Crippen LogP contribution in [0.4, 0.5) is 0 Å². The van der Waals surface area contributed by atoms with E-state index in [0.29, 0.717) is 5.92 Å². The van der Waals surface area contributed by atoms with Crippen LogP contribution < -0.4 is 0 Å². The zero-order valence-electron chi connectivity index (χ0n) is 13.5. The summed E-state index contributed by atoms with van der Waals surface area (Å²) in [6, 6.07) is 0. The minimum atomic E-state index is 0.696. The van der Waals surface area contributed by atoms with Crippen LogP contribution in [0.25, 0.3) is 0 Å². The summed E-state index contributed by atoms with van der Waals surface area (Å²) >= 11 is 0. The number of rotatable bonds is 6. The van der Waals surface area contributed by atoms with E-state index < -0.39 is 0 Å². The lowest BCUT2D eigenvalue weighted by molar-refractivity contribution is 0.121. The molecule has 2 rings (SSSR count). The number of aromatic nitrogens is 3. The first-order valence-electron chi connectivity index (χ1n) is 8.19. The van der Waals surface area contributed by atoms with Crippen molar-refractivity contribution in [3.05, 3.63) is 11.9 Å². The van der Waals surface area contributed by atoms with E-state index in [2.05, 4.69) is 49.1 Å². The third-order valence-corrected chi connectivity index (χ3v) is 4.76. The van der Waals surface area contributed by atoms with Gasteiger partial charge in [0.05, 0.1) is 12.4 Å². The summed E-state index contributed by atoms with van der Waals surface area (Å²) < 4.78 is 2.01. The van der Waals surface area contributed by atoms with Gasteiger partial charge in [-0.15, -0.1) is 5.10 Å². The van der Waals surface area contributed by atoms with Crippen LogP contribution in [0.2, 0.25) is 0 Å². The molecule has 0 saturated carbocycles. The molecule has 0 spiro atoms. The number of likely N-dealkylation sites (tertiary alicyclic amines) is 1. The van der Waals surface area contributed by atoms with Crippen molar-refractivity contribution in [1.82, 2.24) is 19.9 Å². The van der Waals surface area contributed by atoms with Crippen molar-refractivity contribution < 1.29 is 0 Å². The molecule has 2 heterocycles. The van der Waals surface area contributed by atoms with Gasteiger partial charge in [0, 0.05) is 19.3 Å². The molecule has 0 N–H and O–H groups in total. The Morgan fingerprint density at radius 2 is 1.95 bits per heavy atom. The van der Waals surface area contributed by atoms with Crippen LogP contribution in [0.1, 0.15) is 52.7 Å². The summed E-state index contributed by atoms with van der Waals surface area (Å²) in [6.45, 7) is 12.5. The maximum absolute atomic E-state index is 4.30. The lowest BCUT2D eigenvalue weighted by atomic mass is 9.87. The molecule has 1 aromatic heterocycles. The molecule has 0 bridgehead atoms. The van der Waals surface area contributed by atoms with Crippen LogP contribution in [0.5, 0.6) is 0 Å². The molecule has 0 amide bonds. The van der Waals surface area contributed by atoms with E-state index in [0.717, 1.165) is 30.6 Å². The van der Waals surface area contributed by atoms with Crippen molar-refractivity contribution in [3.8, 4) is 0 Å². The van der Waals surface area contributed by atoms with Crippen LogP contribution >= 0.6 is 0 Å². The molecule has 1 unspecified atom stereocenters. The Kier molecular flexibility index (Phi) is 5.58. The van der Waals surface area contributed by atoms with Gasteiger partial charge in [-0.05, 0) is 37.0 Å². The molecule has 0 radical (unpaired) electrons. The van der Waals surface area contributed by atoms with Crippen LogP contribution in [0.3, 0.4) is 0 Å². The second-order valence-corrected chi connectivity index (χ2v) is 6.81. The second kappa shape index (κ2) is 7.21. The van der Waals surface area contributed by atoms with Gasteiger partial charge in [0.2, 0.25) is 0 Å². The minimum Gasteiger partial charge on any atom is -0.284 e. The van der Waals surface area contributed by atoms with Gasteiger partial charge < -0.3 is 0 Å². The van der Waals surface area contributed by atoms with Crippen molar-refractivity contribution in [1.29, 1.82) is 0 Å². The zero-order valence-corrected chi connectivity index (χ0v) is 13.5. The van der Waals surface area contributed by atoms with E-state index in [9.17, 15) is 0 Å². The summed E-state index contributed by atoms with van der Waals surface area (Å²) in [5.74, 6) is 2.43. The fourth-order valence-corrected chi connectivity index (χ4v) is 2.97. The van der Waals surface area contributed by atoms with Gasteiger partial charge in [-0.2, -0.15) is 0 Å². The summed E-state index contributed by atoms with van der Waals surface area (Å²) in [7, 11) is 0. The molecule has 4 nitrogen and oxygen atoms in total. The van der Waals surface area contributed by atoms with Crippen molar-refractivity contribution in [2.45, 2.75) is 60.0 Å². The van der Waals surface area contributed by atoms with Crippen molar-refractivity contribution in [3.63, 3.8) is 0 Å². The number of nitrogens with zero attached hydrogens (tertiary/aromatic N) is 4. The number of hydrogen-bond donors (Lipinski definition) is 0. The van der Waals surface area contributed by atoms with E-state index in [1.54, 1.807) is 0 Å². The third-order valence-electron chi connectivity index (χ3n) is 4.76. The Hall–Kier alpha value is -0.900. The molecule has 1 atom stereocenters. The van der Waals surface area contributed by atoms with Gasteiger partial charge in [-0.3, -0.25) is 4.90 Å².